The van der Waals surface area contributed by atoms with E-state index in [9.17, 15) is 0 Å². The Labute approximate surface area is 471 Å². The second kappa shape index (κ2) is 17.5. The van der Waals surface area contributed by atoms with Crippen LogP contribution in [-0.2, 0) is 25.9 Å². The molecule has 0 radical (unpaired) electrons. The third-order valence-corrected chi connectivity index (χ3v) is 18.7. The number of rotatable bonds is 8. The van der Waals surface area contributed by atoms with Gasteiger partial charge in [0.15, 0.2) is 0 Å². The molecule has 17 aromatic rings. The van der Waals surface area contributed by atoms with Crippen LogP contribution in [0, 0.1) is 0 Å². The summed E-state index contributed by atoms with van der Waals surface area (Å²) in [5.41, 5.74) is 21.4. The predicted octanol–water partition coefficient (Wildman–Crippen LogP) is 20.1. The highest BCUT2D eigenvalue weighted by atomic mass is 32.1. The van der Waals surface area contributed by atoms with Gasteiger partial charge in [-0.2, -0.15) is 8.75 Å². The first-order chi connectivity index (χ1) is 40.0. The molecule has 12 aromatic carbocycles. The number of aromatic nitrogens is 6. The van der Waals surface area contributed by atoms with E-state index in [2.05, 4.69) is 252 Å². The zero-order valence-electron chi connectivity index (χ0n) is 45.5. The van der Waals surface area contributed by atoms with E-state index in [4.69, 9.17) is 8.75 Å². The van der Waals surface area contributed by atoms with Crippen LogP contribution in [-0.4, -0.2) is 27.0 Å². The average molecular weight is 1060 g/mol. The summed E-state index contributed by atoms with van der Waals surface area (Å²) in [5, 5.41) is 17.3. The summed E-state index contributed by atoms with van der Waals surface area (Å²) >= 11 is 1.32. The Bertz CT molecular complexity index is 5200. The lowest BCUT2D eigenvalue weighted by molar-refractivity contribution is 0.827. The van der Waals surface area contributed by atoms with E-state index in [1.54, 1.807) is 0 Å². The van der Waals surface area contributed by atoms with Crippen LogP contribution in [0.15, 0.2) is 206 Å². The first-order valence-corrected chi connectivity index (χ1v) is 29.4. The summed E-state index contributed by atoms with van der Waals surface area (Å²) in [6.45, 7) is 10.9. The van der Waals surface area contributed by atoms with Crippen LogP contribution in [0.1, 0.15) is 38.8 Å². The van der Waals surface area contributed by atoms with Crippen molar-refractivity contribution in [2.24, 2.45) is 0 Å². The number of hydrogen-bond donors (Lipinski definition) is 0. The van der Waals surface area contributed by atoms with Gasteiger partial charge in [0.05, 0.1) is 45.2 Å². The quantitative estimate of drug-likeness (QED) is 0.152. The zero-order valence-corrected chi connectivity index (χ0v) is 46.4. The van der Waals surface area contributed by atoms with Gasteiger partial charge in [0.2, 0.25) is 0 Å². The van der Waals surface area contributed by atoms with Crippen molar-refractivity contribution >= 4 is 142 Å². The van der Waals surface area contributed by atoms with Crippen molar-refractivity contribution in [3.8, 4) is 33.6 Å². The molecule has 0 N–H and O–H groups in total. The second-order valence-corrected chi connectivity index (χ2v) is 22.5. The largest absolute Gasteiger partial charge is 0.341 e. The van der Waals surface area contributed by atoms with Gasteiger partial charge >= 0.3 is 0 Å². The number of benzene rings is 12. The van der Waals surface area contributed by atoms with E-state index in [1.165, 1.54) is 142 Å². The first-order valence-electron chi connectivity index (χ1n) is 28.7. The van der Waals surface area contributed by atoms with Gasteiger partial charge in [0, 0.05) is 100 Å². The average Bonchev–Trinajstić information content (AvgIpc) is 4.05. The van der Waals surface area contributed by atoms with Crippen LogP contribution in [0.25, 0.3) is 164 Å². The van der Waals surface area contributed by atoms with Crippen molar-refractivity contribution < 1.29 is 0 Å². The highest BCUT2D eigenvalue weighted by Crippen LogP contribution is 2.50. The van der Waals surface area contributed by atoms with E-state index in [0.29, 0.717) is 0 Å². The molecule has 6 nitrogen and oxygen atoms in total. The summed E-state index contributed by atoms with van der Waals surface area (Å²) in [5.74, 6) is 0. The van der Waals surface area contributed by atoms with Crippen LogP contribution in [0.2, 0.25) is 0 Å². The first kappa shape index (κ1) is 46.4. The van der Waals surface area contributed by atoms with Crippen molar-refractivity contribution in [2.45, 2.75) is 53.6 Å². The van der Waals surface area contributed by atoms with Gasteiger partial charge in [-0.15, -0.1) is 0 Å². The molecule has 17 rings (SSSR count). The Morgan fingerprint density at radius 1 is 0.296 bits per heavy atom. The molecule has 0 aliphatic heterocycles. The van der Waals surface area contributed by atoms with E-state index in [1.807, 2.05) is 0 Å². The topological polar surface area (TPSA) is 45.5 Å². The van der Waals surface area contributed by atoms with Gasteiger partial charge in [-0.25, -0.2) is 0 Å². The normalized spacial score (nSPS) is 12.4. The van der Waals surface area contributed by atoms with Crippen molar-refractivity contribution in [3.05, 3.63) is 217 Å². The van der Waals surface area contributed by atoms with E-state index in [0.717, 1.165) is 70.6 Å². The lowest BCUT2D eigenvalue weighted by Crippen LogP contribution is -2.00. The van der Waals surface area contributed by atoms with Gasteiger partial charge in [0.25, 0.3) is 0 Å². The van der Waals surface area contributed by atoms with Gasteiger partial charge in [0.1, 0.15) is 11.0 Å². The van der Waals surface area contributed by atoms with Crippen molar-refractivity contribution in [1.82, 2.24) is 27.0 Å². The third-order valence-electron chi connectivity index (χ3n) is 18.2. The molecule has 0 bridgehead atoms. The number of hydrogen-bond acceptors (Lipinski definition) is 3. The maximum atomic E-state index is 5.33. The number of fused-ring (bicyclic) bond motifs is 16. The number of aryl methyl sites for hydroxylation is 4. The molecule has 0 saturated heterocycles. The summed E-state index contributed by atoms with van der Waals surface area (Å²) in [7, 11) is 0. The third kappa shape index (κ3) is 6.32. The summed E-state index contributed by atoms with van der Waals surface area (Å²) in [6.07, 6.45) is 1.86. The van der Waals surface area contributed by atoms with E-state index >= 15 is 0 Å². The van der Waals surface area contributed by atoms with Gasteiger partial charge in [-0.1, -0.05) is 159 Å². The summed E-state index contributed by atoms with van der Waals surface area (Å²) in [6, 6.07) is 77.8. The zero-order chi connectivity index (χ0) is 53.8. The molecular weight excluding hydrogens is 1000 g/mol. The Balaban J connectivity index is 0.911. The molecule has 0 atom stereocenters. The van der Waals surface area contributed by atoms with Crippen LogP contribution >= 0.6 is 11.7 Å². The SMILES string of the molecule is CCc1cc2c(-c3ccc(-n4c5ccccc5c5cc6c(cc54)c4ccccc4n6CC)c4ccccc34)c3nsnc3c(-c3ccc(-n4c5ccccc5c5cc6c(cc54)c4ccccc4n6CC)c4ccccc34)c2cc1CC. The molecular formula is C74H54N6S. The minimum Gasteiger partial charge on any atom is -0.341 e. The van der Waals surface area contributed by atoms with Crippen LogP contribution in [0.3, 0.4) is 0 Å². The highest BCUT2D eigenvalue weighted by molar-refractivity contribution is 7.00. The predicted molar refractivity (Wildman–Crippen MR) is 346 cm³/mol. The summed E-state index contributed by atoms with van der Waals surface area (Å²) < 4.78 is 20.6. The fraction of sp³-hybridized carbons (Fsp3) is 0.108. The molecule has 5 heterocycles. The maximum absolute atomic E-state index is 5.33. The molecule has 0 aliphatic rings. The summed E-state index contributed by atoms with van der Waals surface area (Å²) in [4.78, 5) is 0. The minimum atomic E-state index is 0.903. The van der Waals surface area contributed by atoms with Crippen LogP contribution < -0.4 is 0 Å². The highest BCUT2D eigenvalue weighted by Gasteiger charge is 2.27. The standard InChI is InChI=1S/C74H54N6S/c1-5-43-37-59-60(38-44(43)6-2)72(54-34-36-66(48-24-12-10-22-46(48)54)80-64-32-20-16-28-52(64)58-40-68-56(42-70(58)80)50-26-14-18-30-62(50)78(68)8-4)74-73(75-81-76-74)71(59)53-33-35-65(47-23-11-9-21-45(47)53)79-63-31-19-15-27-51(63)57-39-67-55(41-69(57)79)49-25-13-17-29-61(49)77(67)7-3/h9-42H,5-8H2,1-4H3. The Morgan fingerprint density at radius 2 is 0.630 bits per heavy atom. The number of para-hydroxylation sites is 4. The minimum absolute atomic E-state index is 0.903. The van der Waals surface area contributed by atoms with Crippen LogP contribution in [0.5, 0.6) is 0 Å². The molecule has 0 unspecified atom stereocenters. The molecule has 5 aromatic heterocycles. The van der Waals surface area contributed by atoms with Crippen molar-refractivity contribution in [1.29, 1.82) is 0 Å². The van der Waals surface area contributed by atoms with Gasteiger partial charge < -0.3 is 18.3 Å². The smallest absolute Gasteiger partial charge is 0.113 e. The van der Waals surface area contributed by atoms with Crippen molar-refractivity contribution in [3.63, 3.8) is 0 Å². The monoisotopic (exact) mass is 1060 g/mol. The second-order valence-electron chi connectivity index (χ2n) is 21.9. The van der Waals surface area contributed by atoms with E-state index in [-0.39, 0.29) is 0 Å². The Morgan fingerprint density at radius 3 is 1.02 bits per heavy atom. The molecule has 0 amide bonds. The molecule has 0 aliphatic carbocycles. The Kier molecular flexibility index (Phi) is 10.00. The maximum Gasteiger partial charge on any atom is 0.113 e. The van der Waals surface area contributed by atoms with Gasteiger partial charge in [-0.3, -0.25) is 0 Å². The molecule has 0 fully saturated rings. The molecule has 7 heteroatoms. The van der Waals surface area contributed by atoms with Crippen LogP contribution in [0.4, 0.5) is 0 Å². The fourth-order valence-corrected chi connectivity index (χ4v) is 15.2. The lowest BCUT2D eigenvalue weighted by Gasteiger charge is -2.20. The molecule has 81 heavy (non-hydrogen) atoms. The molecule has 0 spiro atoms. The fourth-order valence-electron chi connectivity index (χ4n) is 14.7. The van der Waals surface area contributed by atoms with Gasteiger partial charge in [-0.05, 0) is 131 Å². The van der Waals surface area contributed by atoms with E-state index < -0.39 is 0 Å². The lowest BCUT2D eigenvalue weighted by atomic mass is 9.84. The molecule has 0 saturated carbocycles. The van der Waals surface area contributed by atoms with Crippen molar-refractivity contribution in [2.75, 3.05) is 0 Å². The molecule has 386 valence electrons. The Hall–Kier alpha value is -9.56. The number of nitrogens with zero attached hydrogens (tertiary/aromatic N) is 6.